The summed E-state index contributed by atoms with van der Waals surface area (Å²) in [5.41, 5.74) is 0.0996. The highest BCUT2D eigenvalue weighted by molar-refractivity contribution is 6.05. The van der Waals surface area contributed by atoms with Gasteiger partial charge in [0, 0.05) is 30.9 Å². The molecule has 0 bridgehead atoms. The van der Waals surface area contributed by atoms with Crippen molar-refractivity contribution in [3.63, 3.8) is 0 Å². The van der Waals surface area contributed by atoms with Gasteiger partial charge in [-0.3, -0.25) is 4.79 Å². The van der Waals surface area contributed by atoms with Crippen molar-refractivity contribution in [1.29, 1.82) is 0 Å². The molecule has 0 aromatic heterocycles. The van der Waals surface area contributed by atoms with Crippen molar-refractivity contribution in [1.82, 2.24) is 0 Å². The fraction of sp³-hybridized carbons (Fsp3) is 0.278. The SMILES string of the molecule is COc1cc(O)c2c(c1)O[C@H](c1cc(O)c(OC)cc1O)[C@@H](OC)C2=O. The van der Waals surface area contributed by atoms with Crippen LogP contribution in [0.5, 0.6) is 34.5 Å². The molecule has 0 amide bonds. The first-order valence-corrected chi connectivity index (χ1v) is 7.65. The Morgan fingerprint density at radius 1 is 0.923 bits per heavy atom. The number of phenolic OH excluding ortho intramolecular Hbond substituents is 3. The van der Waals surface area contributed by atoms with E-state index in [0.29, 0.717) is 5.75 Å². The highest BCUT2D eigenvalue weighted by Crippen LogP contribution is 2.46. The van der Waals surface area contributed by atoms with Crippen molar-refractivity contribution < 1.29 is 39.1 Å². The van der Waals surface area contributed by atoms with Crippen LogP contribution in [0, 0.1) is 0 Å². The van der Waals surface area contributed by atoms with E-state index in [0.717, 1.165) is 0 Å². The summed E-state index contributed by atoms with van der Waals surface area (Å²) in [6.07, 6.45) is -2.19. The molecule has 0 unspecified atom stereocenters. The van der Waals surface area contributed by atoms with Crippen LogP contribution >= 0.6 is 0 Å². The smallest absolute Gasteiger partial charge is 0.203 e. The Morgan fingerprint density at radius 2 is 1.65 bits per heavy atom. The summed E-state index contributed by atoms with van der Waals surface area (Å²) in [6.45, 7) is 0. The molecule has 26 heavy (non-hydrogen) atoms. The summed E-state index contributed by atoms with van der Waals surface area (Å²) in [4.78, 5) is 12.8. The maximum absolute atomic E-state index is 12.8. The lowest BCUT2D eigenvalue weighted by molar-refractivity contribution is -0.00186. The number of rotatable bonds is 4. The zero-order valence-electron chi connectivity index (χ0n) is 14.3. The molecule has 0 fully saturated rings. The van der Waals surface area contributed by atoms with Gasteiger partial charge in [-0.1, -0.05) is 0 Å². The van der Waals surface area contributed by atoms with E-state index in [4.69, 9.17) is 18.9 Å². The molecule has 8 heteroatoms. The normalized spacial score (nSPS) is 18.8. The molecule has 2 atom stereocenters. The minimum absolute atomic E-state index is 0.0360. The van der Waals surface area contributed by atoms with E-state index < -0.39 is 18.0 Å². The van der Waals surface area contributed by atoms with Crippen molar-refractivity contribution in [3.8, 4) is 34.5 Å². The van der Waals surface area contributed by atoms with Gasteiger partial charge in [-0.2, -0.15) is 0 Å². The van der Waals surface area contributed by atoms with Crippen LogP contribution in [0.3, 0.4) is 0 Å². The second-order valence-electron chi connectivity index (χ2n) is 5.66. The topological polar surface area (TPSA) is 115 Å². The molecule has 1 aliphatic heterocycles. The summed E-state index contributed by atoms with van der Waals surface area (Å²) in [5, 5.41) is 30.4. The van der Waals surface area contributed by atoms with E-state index in [-0.39, 0.29) is 39.9 Å². The number of ketones is 1. The molecule has 0 saturated carbocycles. The molecule has 1 aliphatic rings. The largest absolute Gasteiger partial charge is 0.507 e. The molecule has 0 saturated heterocycles. The van der Waals surface area contributed by atoms with Gasteiger partial charge in [0.15, 0.2) is 23.7 Å². The van der Waals surface area contributed by atoms with Crippen LogP contribution in [-0.4, -0.2) is 48.5 Å². The third kappa shape index (κ3) is 2.74. The Hall–Kier alpha value is -3.13. The highest BCUT2D eigenvalue weighted by atomic mass is 16.5. The number of carbonyl (C=O) groups is 1. The third-order valence-corrected chi connectivity index (χ3v) is 4.21. The number of Topliss-reactive ketones (excluding diaryl/α,β-unsaturated/α-hetero) is 1. The maximum Gasteiger partial charge on any atom is 0.203 e. The van der Waals surface area contributed by atoms with Crippen LogP contribution in [0.25, 0.3) is 0 Å². The molecule has 3 rings (SSSR count). The van der Waals surface area contributed by atoms with Gasteiger partial charge in [0.25, 0.3) is 0 Å². The van der Waals surface area contributed by atoms with Gasteiger partial charge in [0.1, 0.15) is 28.6 Å². The molecule has 138 valence electrons. The van der Waals surface area contributed by atoms with E-state index in [9.17, 15) is 20.1 Å². The fourth-order valence-electron chi connectivity index (χ4n) is 2.94. The summed E-state index contributed by atoms with van der Waals surface area (Å²) in [7, 11) is 4.07. The fourth-order valence-corrected chi connectivity index (χ4v) is 2.94. The predicted octanol–water partition coefficient (Wildman–Crippen LogP) is 2.15. The van der Waals surface area contributed by atoms with Gasteiger partial charge in [-0.15, -0.1) is 0 Å². The van der Waals surface area contributed by atoms with Crippen molar-refractivity contribution >= 4 is 5.78 Å². The molecule has 3 N–H and O–H groups in total. The average molecular weight is 362 g/mol. The second-order valence-corrected chi connectivity index (χ2v) is 5.66. The number of benzene rings is 2. The van der Waals surface area contributed by atoms with E-state index in [1.807, 2.05) is 0 Å². The quantitative estimate of drug-likeness (QED) is 0.709. The van der Waals surface area contributed by atoms with Crippen LogP contribution in [0.15, 0.2) is 24.3 Å². The van der Waals surface area contributed by atoms with E-state index >= 15 is 0 Å². The Kier molecular flexibility index (Phi) is 4.52. The Bertz CT molecular complexity index is 861. The van der Waals surface area contributed by atoms with Gasteiger partial charge >= 0.3 is 0 Å². The van der Waals surface area contributed by atoms with E-state index in [1.54, 1.807) is 0 Å². The molecule has 0 aliphatic carbocycles. The number of carbonyl (C=O) groups excluding carboxylic acids is 1. The Balaban J connectivity index is 2.13. The molecule has 2 aromatic carbocycles. The lowest BCUT2D eigenvalue weighted by atomic mass is 9.92. The van der Waals surface area contributed by atoms with Gasteiger partial charge in [-0.25, -0.2) is 0 Å². The van der Waals surface area contributed by atoms with Crippen molar-refractivity contribution in [2.45, 2.75) is 12.2 Å². The van der Waals surface area contributed by atoms with Gasteiger partial charge in [-0.05, 0) is 6.07 Å². The summed E-state index contributed by atoms with van der Waals surface area (Å²) >= 11 is 0. The Morgan fingerprint density at radius 3 is 2.27 bits per heavy atom. The van der Waals surface area contributed by atoms with Crippen molar-refractivity contribution in [2.24, 2.45) is 0 Å². The van der Waals surface area contributed by atoms with E-state index in [1.165, 1.54) is 45.6 Å². The standard InChI is InChI=1S/C18H18O8/c1-23-8-4-12(21)15-14(5-8)26-17(18(25-3)16(15)22)9-6-11(20)13(24-2)7-10(9)19/h4-7,17-21H,1-3H3/t17-,18+/m1/s1. The van der Waals surface area contributed by atoms with Crippen LogP contribution < -0.4 is 14.2 Å². The minimum atomic E-state index is -1.14. The molecular formula is C18H18O8. The Labute approximate surface area is 149 Å². The van der Waals surface area contributed by atoms with Gasteiger partial charge in [0.05, 0.1) is 14.2 Å². The van der Waals surface area contributed by atoms with Crippen molar-refractivity contribution in [2.75, 3.05) is 21.3 Å². The second kappa shape index (κ2) is 6.64. The maximum atomic E-state index is 12.8. The lowest BCUT2D eigenvalue weighted by Crippen LogP contribution is -2.37. The molecule has 8 nitrogen and oxygen atoms in total. The number of hydrogen-bond acceptors (Lipinski definition) is 8. The number of phenols is 3. The van der Waals surface area contributed by atoms with Crippen LogP contribution in [0.4, 0.5) is 0 Å². The first kappa shape index (κ1) is 17.7. The lowest BCUT2D eigenvalue weighted by Gasteiger charge is -2.32. The van der Waals surface area contributed by atoms with Crippen LogP contribution in [-0.2, 0) is 4.74 Å². The van der Waals surface area contributed by atoms with Crippen molar-refractivity contribution in [3.05, 3.63) is 35.4 Å². The predicted molar refractivity (Wildman–Crippen MR) is 89.5 cm³/mol. The average Bonchev–Trinajstić information content (AvgIpc) is 2.62. The minimum Gasteiger partial charge on any atom is -0.507 e. The molecule has 1 heterocycles. The number of ether oxygens (including phenoxy) is 4. The highest BCUT2D eigenvalue weighted by Gasteiger charge is 2.42. The number of aromatic hydroxyl groups is 3. The summed E-state index contributed by atoms with van der Waals surface area (Å²) in [5.74, 6) is -0.840. The molecular weight excluding hydrogens is 344 g/mol. The number of fused-ring (bicyclic) bond motifs is 1. The first-order valence-electron chi connectivity index (χ1n) is 7.65. The molecule has 2 aromatic rings. The van der Waals surface area contributed by atoms with Gasteiger partial charge < -0.3 is 34.3 Å². The summed E-state index contributed by atoms with van der Waals surface area (Å²) in [6, 6.07) is 5.20. The number of methoxy groups -OCH3 is 3. The molecule has 0 spiro atoms. The first-order chi connectivity index (χ1) is 12.4. The monoisotopic (exact) mass is 362 g/mol. The van der Waals surface area contributed by atoms with Crippen LogP contribution in [0.2, 0.25) is 0 Å². The third-order valence-electron chi connectivity index (χ3n) is 4.21. The summed E-state index contributed by atoms with van der Waals surface area (Å²) < 4.78 is 21.1. The molecule has 0 radical (unpaired) electrons. The van der Waals surface area contributed by atoms with Crippen LogP contribution in [0.1, 0.15) is 22.0 Å². The van der Waals surface area contributed by atoms with Gasteiger partial charge in [0.2, 0.25) is 5.78 Å². The zero-order valence-corrected chi connectivity index (χ0v) is 14.3. The zero-order chi connectivity index (χ0) is 19.0. The number of hydrogen-bond donors (Lipinski definition) is 3. The van der Waals surface area contributed by atoms with E-state index in [2.05, 4.69) is 0 Å².